The zero-order chi connectivity index (χ0) is 18.8. The third kappa shape index (κ3) is 4.45. The lowest BCUT2D eigenvalue weighted by Crippen LogP contribution is -2.02. The van der Waals surface area contributed by atoms with Crippen molar-refractivity contribution in [2.24, 2.45) is 10.2 Å². The molecule has 3 N–H and O–H groups in total. The van der Waals surface area contributed by atoms with Gasteiger partial charge in [-0.05, 0) is 36.4 Å². The fourth-order valence-corrected chi connectivity index (χ4v) is 2.87. The smallest absolute Gasteiger partial charge is 0.296 e. The number of nitrogens with zero attached hydrogens (tertiary/aromatic N) is 2. The Bertz CT molecular complexity index is 1080. The van der Waals surface area contributed by atoms with E-state index in [2.05, 4.69) is 10.2 Å². The molecule has 2 aromatic carbocycles. The van der Waals surface area contributed by atoms with Crippen LogP contribution in [0.1, 0.15) is 10.4 Å². The molecule has 0 aliphatic carbocycles. The van der Waals surface area contributed by atoms with Gasteiger partial charge in [-0.2, -0.15) is 21.9 Å². The molecule has 2 rings (SSSR count). The van der Waals surface area contributed by atoms with Gasteiger partial charge >= 0.3 is 0 Å². The summed E-state index contributed by atoms with van der Waals surface area (Å²) in [6, 6.07) is 5.75. The maximum atomic E-state index is 11.3. The summed E-state index contributed by atoms with van der Waals surface area (Å²) in [5, 5.41) is 16.5. The maximum absolute atomic E-state index is 11.3. The van der Waals surface area contributed by atoms with Crippen LogP contribution in [0.5, 0.6) is 5.75 Å². The highest BCUT2D eigenvalue weighted by atomic mass is 32.2. The molecule has 10 nitrogen and oxygen atoms in total. The molecule has 0 saturated heterocycles. The fraction of sp³-hybridized carbons (Fsp3) is 0. The number of benzene rings is 2. The highest BCUT2D eigenvalue weighted by molar-refractivity contribution is 7.86. The predicted molar refractivity (Wildman–Crippen MR) is 83.7 cm³/mol. The van der Waals surface area contributed by atoms with Crippen LogP contribution in [0.15, 0.2) is 56.4 Å². The Morgan fingerprint density at radius 1 is 0.880 bits per heavy atom. The average molecular weight is 386 g/mol. The summed E-state index contributed by atoms with van der Waals surface area (Å²) >= 11 is 0. The number of aldehydes is 1. The van der Waals surface area contributed by atoms with E-state index in [4.69, 9.17) is 9.11 Å². The van der Waals surface area contributed by atoms with Crippen molar-refractivity contribution in [2.75, 3.05) is 0 Å². The molecular formula is C13H10N2O8S2. The van der Waals surface area contributed by atoms with Gasteiger partial charge in [-0.15, -0.1) is 5.11 Å². The van der Waals surface area contributed by atoms with Crippen LogP contribution in [-0.4, -0.2) is 37.3 Å². The lowest BCUT2D eigenvalue weighted by molar-refractivity contribution is 0.112. The van der Waals surface area contributed by atoms with Crippen molar-refractivity contribution in [1.29, 1.82) is 0 Å². The number of hydrogen-bond donors (Lipinski definition) is 3. The van der Waals surface area contributed by atoms with E-state index >= 15 is 0 Å². The van der Waals surface area contributed by atoms with Gasteiger partial charge in [0, 0.05) is 0 Å². The maximum Gasteiger partial charge on any atom is 0.296 e. The van der Waals surface area contributed by atoms with E-state index in [-0.39, 0.29) is 17.0 Å². The molecule has 0 fully saturated rings. The Morgan fingerprint density at radius 3 is 2.12 bits per heavy atom. The number of phenols is 1. The van der Waals surface area contributed by atoms with Gasteiger partial charge in [-0.25, -0.2) is 0 Å². The minimum absolute atomic E-state index is 0.0402. The van der Waals surface area contributed by atoms with E-state index < -0.39 is 35.7 Å². The van der Waals surface area contributed by atoms with Gasteiger partial charge in [0.05, 0.1) is 16.1 Å². The fourth-order valence-electron chi connectivity index (χ4n) is 1.76. The van der Waals surface area contributed by atoms with Crippen molar-refractivity contribution >= 4 is 37.9 Å². The normalized spacial score (nSPS) is 12.4. The van der Waals surface area contributed by atoms with Crippen LogP contribution in [0.2, 0.25) is 0 Å². The predicted octanol–water partition coefficient (Wildman–Crippen LogP) is 2.11. The third-order valence-corrected chi connectivity index (χ3v) is 4.67. The molecule has 12 heteroatoms. The van der Waals surface area contributed by atoms with Crippen molar-refractivity contribution in [3.05, 3.63) is 42.0 Å². The number of phenolic OH excluding ortho intramolecular Hbond substituents is 1. The van der Waals surface area contributed by atoms with Crippen LogP contribution in [0.25, 0.3) is 0 Å². The molecule has 0 saturated carbocycles. The van der Waals surface area contributed by atoms with Crippen LogP contribution in [-0.2, 0) is 20.2 Å². The highest BCUT2D eigenvalue weighted by Crippen LogP contribution is 2.30. The zero-order valence-electron chi connectivity index (χ0n) is 12.1. The van der Waals surface area contributed by atoms with Gasteiger partial charge in [0.15, 0.2) is 6.29 Å². The van der Waals surface area contributed by atoms with E-state index in [0.717, 1.165) is 24.3 Å². The number of azo groups is 1. The van der Waals surface area contributed by atoms with E-state index in [1.807, 2.05) is 0 Å². The van der Waals surface area contributed by atoms with Crippen LogP contribution in [0, 0.1) is 0 Å². The first kappa shape index (κ1) is 18.7. The molecule has 0 bridgehead atoms. The van der Waals surface area contributed by atoms with Gasteiger partial charge in [-0.1, -0.05) is 0 Å². The average Bonchev–Trinajstić information content (AvgIpc) is 2.52. The molecule has 0 atom stereocenters. The van der Waals surface area contributed by atoms with Gasteiger partial charge in [-0.3, -0.25) is 13.9 Å². The van der Waals surface area contributed by atoms with Crippen LogP contribution in [0.4, 0.5) is 11.4 Å². The Kier molecular flexibility index (Phi) is 4.99. The largest absolute Gasteiger partial charge is 0.507 e. The van der Waals surface area contributed by atoms with Crippen molar-refractivity contribution in [1.82, 2.24) is 0 Å². The Morgan fingerprint density at radius 2 is 1.56 bits per heavy atom. The first-order valence-corrected chi connectivity index (χ1v) is 9.19. The zero-order valence-corrected chi connectivity index (χ0v) is 13.8. The summed E-state index contributed by atoms with van der Waals surface area (Å²) in [5.41, 5.74) is -0.616. The van der Waals surface area contributed by atoms with E-state index in [0.29, 0.717) is 12.4 Å². The molecule has 25 heavy (non-hydrogen) atoms. The van der Waals surface area contributed by atoms with Crippen molar-refractivity contribution < 1.29 is 35.8 Å². The topological polar surface area (TPSA) is 171 Å². The van der Waals surface area contributed by atoms with Crippen LogP contribution >= 0.6 is 0 Å². The molecule has 0 aliphatic rings. The molecule has 0 heterocycles. The van der Waals surface area contributed by atoms with Crippen molar-refractivity contribution in [3.63, 3.8) is 0 Å². The molecule has 0 amide bonds. The summed E-state index contributed by atoms with van der Waals surface area (Å²) in [4.78, 5) is 9.36. The second kappa shape index (κ2) is 6.68. The Hall–Kier alpha value is -2.67. The summed E-state index contributed by atoms with van der Waals surface area (Å²) in [6.07, 6.45) is 0.358. The van der Waals surface area contributed by atoms with Crippen LogP contribution in [0.3, 0.4) is 0 Å². The SMILES string of the molecule is O=Cc1cc(N=Nc2cc(S(=O)(=O)O)ccc2S(=O)(=O)O)ccc1O. The Labute approximate surface area is 142 Å². The van der Waals surface area contributed by atoms with E-state index in [9.17, 15) is 26.7 Å². The van der Waals surface area contributed by atoms with E-state index in [1.54, 1.807) is 0 Å². The number of carbonyl (C=O) groups is 1. The highest BCUT2D eigenvalue weighted by Gasteiger charge is 2.19. The molecule has 132 valence electrons. The third-order valence-electron chi connectivity index (χ3n) is 2.92. The molecule has 0 unspecified atom stereocenters. The van der Waals surface area contributed by atoms with Crippen LogP contribution < -0.4 is 0 Å². The Balaban J connectivity index is 2.58. The van der Waals surface area contributed by atoms with E-state index in [1.165, 1.54) is 6.07 Å². The molecule has 0 radical (unpaired) electrons. The monoisotopic (exact) mass is 386 g/mol. The standard InChI is InChI=1S/C13H10N2O8S2/c16-7-8-5-9(1-3-12(8)17)14-15-11-6-10(24(18,19)20)2-4-13(11)25(21,22)23/h1-7,17H,(H,18,19,20)(H,21,22,23). The summed E-state index contributed by atoms with van der Waals surface area (Å²) < 4.78 is 63.1. The molecule has 0 aromatic heterocycles. The first-order chi connectivity index (χ1) is 11.5. The molecule has 0 spiro atoms. The molecule has 0 aliphatic heterocycles. The van der Waals surface area contributed by atoms with Gasteiger partial charge in [0.25, 0.3) is 20.2 Å². The minimum atomic E-state index is -4.75. The van der Waals surface area contributed by atoms with Crippen molar-refractivity contribution in [2.45, 2.75) is 9.79 Å². The summed E-state index contributed by atoms with van der Waals surface area (Å²) in [5.74, 6) is -0.305. The molecule has 2 aromatic rings. The lowest BCUT2D eigenvalue weighted by atomic mass is 10.2. The first-order valence-electron chi connectivity index (χ1n) is 6.31. The summed E-state index contributed by atoms with van der Waals surface area (Å²) in [7, 11) is -9.39. The number of rotatable bonds is 5. The van der Waals surface area contributed by atoms with Crippen molar-refractivity contribution in [3.8, 4) is 5.75 Å². The van der Waals surface area contributed by atoms with Gasteiger partial charge in [0.1, 0.15) is 16.3 Å². The lowest BCUT2D eigenvalue weighted by Gasteiger charge is -2.04. The summed E-state index contributed by atoms with van der Waals surface area (Å²) in [6.45, 7) is 0. The van der Waals surface area contributed by atoms with Gasteiger partial charge in [0.2, 0.25) is 0 Å². The second-order valence-corrected chi connectivity index (χ2v) is 7.45. The van der Waals surface area contributed by atoms with Gasteiger partial charge < -0.3 is 5.11 Å². The number of aromatic hydroxyl groups is 1. The quantitative estimate of drug-likeness (QED) is 0.398. The second-order valence-electron chi connectivity index (χ2n) is 4.64. The number of hydrogen-bond acceptors (Lipinski definition) is 8. The molecular weight excluding hydrogens is 376 g/mol. The minimum Gasteiger partial charge on any atom is -0.507 e. The number of carbonyl (C=O) groups excluding carboxylic acids is 1.